The molecule has 3 aromatic rings. The largest absolute Gasteiger partial charge is 0.458 e. The number of aryl methyl sites for hydroxylation is 1. The van der Waals surface area contributed by atoms with Crippen molar-refractivity contribution in [1.82, 2.24) is 14.6 Å². The predicted octanol–water partition coefficient (Wildman–Crippen LogP) is 3.06. The molecule has 0 bridgehead atoms. The van der Waals surface area contributed by atoms with Crippen LogP contribution in [-0.4, -0.2) is 14.6 Å². The van der Waals surface area contributed by atoms with Gasteiger partial charge in [-0.25, -0.2) is 9.50 Å². The summed E-state index contributed by atoms with van der Waals surface area (Å²) < 4.78 is 8.12. The van der Waals surface area contributed by atoms with Crippen molar-refractivity contribution in [3.63, 3.8) is 0 Å². The zero-order chi connectivity index (χ0) is 11.1. The Morgan fingerprint density at radius 1 is 1.31 bits per heavy atom. The second-order valence-electron chi connectivity index (χ2n) is 3.47. The maximum atomic E-state index is 5.49. The fourth-order valence-electron chi connectivity index (χ4n) is 1.53. The first-order valence-electron chi connectivity index (χ1n) is 4.82. The van der Waals surface area contributed by atoms with Gasteiger partial charge in [0, 0.05) is 6.20 Å². The van der Waals surface area contributed by atoms with E-state index in [-0.39, 0.29) is 0 Å². The van der Waals surface area contributed by atoms with Crippen molar-refractivity contribution < 1.29 is 4.42 Å². The first-order valence-corrected chi connectivity index (χ1v) is 5.61. The summed E-state index contributed by atoms with van der Waals surface area (Å²) in [6.45, 7) is 1.90. The van der Waals surface area contributed by atoms with E-state index in [1.54, 1.807) is 4.52 Å². The molecule has 0 unspecified atom stereocenters. The lowest BCUT2D eigenvalue weighted by Crippen LogP contribution is -1.85. The van der Waals surface area contributed by atoms with E-state index in [9.17, 15) is 0 Å². The summed E-state index contributed by atoms with van der Waals surface area (Å²) >= 11 is 3.43. The number of aromatic nitrogens is 3. The molecule has 0 aliphatic heterocycles. The van der Waals surface area contributed by atoms with E-state index < -0.39 is 0 Å². The molecule has 0 fully saturated rings. The second-order valence-corrected chi connectivity index (χ2v) is 4.32. The van der Waals surface area contributed by atoms with Gasteiger partial charge >= 0.3 is 0 Å². The van der Waals surface area contributed by atoms with Crippen molar-refractivity contribution in [2.45, 2.75) is 6.92 Å². The van der Waals surface area contributed by atoms with Gasteiger partial charge in [0.1, 0.15) is 5.76 Å². The first-order chi connectivity index (χ1) is 7.74. The Labute approximate surface area is 100 Å². The number of hydrogen-bond donors (Lipinski definition) is 0. The molecule has 0 spiro atoms. The summed E-state index contributed by atoms with van der Waals surface area (Å²) in [7, 11) is 0. The van der Waals surface area contributed by atoms with E-state index in [4.69, 9.17) is 4.42 Å². The van der Waals surface area contributed by atoms with Crippen molar-refractivity contribution in [3.05, 3.63) is 40.7 Å². The van der Waals surface area contributed by atoms with Crippen LogP contribution in [0, 0.1) is 6.92 Å². The number of halogens is 1. The lowest BCUT2D eigenvalue weighted by Gasteiger charge is -1.90. The number of pyridine rings is 1. The molecule has 4 nitrogen and oxygen atoms in total. The topological polar surface area (TPSA) is 43.3 Å². The van der Waals surface area contributed by atoms with Gasteiger partial charge in [0.25, 0.3) is 0 Å². The normalized spacial score (nSPS) is 11.1. The Morgan fingerprint density at radius 2 is 2.19 bits per heavy atom. The highest BCUT2D eigenvalue weighted by Gasteiger charge is 2.10. The fourth-order valence-corrected chi connectivity index (χ4v) is 1.96. The Bertz CT molecular complexity index is 656. The molecule has 80 valence electrons. The summed E-state index contributed by atoms with van der Waals surface area (Å²) in [6.07, 6.45) is 1.85. The molecule has 5 heteroatoms. The van der Waals surface area contributed by atoms with Gasteiger partial charge in [-0.1, -0.05) is 0 Å². The van der Waals surface area contributed by atoms with Gasteiger partial charge in [0.05, 0.1) is 4.47 Å². The number of rotatable bonds is 1. The molecule has 0 radical (unpaired) electrons. The Kier molecular flexibility index (Phi) is 2.07. The Morgan fingerprint density at radius 3 is 2.88 bits per heavy atom. The van der Waals surface area contributed by atoms with E-state index >= 15 is 0 Å². The predicted molar refractivity (Wildman–Crippen MR) is 63.1 cm³/mol. The zero-order valence-corrected chi connectivity index (χ0v) is 10.1. The zero-order valence-electron chi connectivity index (χ0n) is 8.51. The van der Waals surface area contributed by atoms with E-state index in [0.29, 0.717) is 11.6 Å². The minimum absolute atomic E-state index is 0.597. The van der Waals surface area contributed by atoms with Gasteiger partial charge < -0.3 is 4.42 Å². The molecule has 0 saturated carbocycles. The minimum atomic E-state index is 0.597. The second kappa shape index (κ2) is 3.45. The molecule has 3 aromatic heterocycles. The summed E-state index contributed by atoms with van der Waals surface area (Å²) in [5, 5.41) is 4.34. The average molecular weight is 278 g/mol. The molecule has 3 heterocycles. The fraction of sp³-hybridized carbons (Fsp3) is 0.0909. The number of nitrogens with zero attached hydrogens (tertiary/aromatic N) is 3. The van der Waals surface area contributed by atoms with Crippen LogP contribution in [0.15, 0.2) is 39.4 Å². The molecule has 0 saturated heterocycles. The summed E-state index contributed by atoms with van der Waals surface area (Å²) in [4.78, 5) is 4.41. The van der Waals surface area contributed by atoms with Crippen molar-refractivity contribution in [2.24, 2.45) is 0 Å². The molecule has 0 aliphatic rings. The SMILES string of the molecule is Cc1ccc(-c2nc3c(Br)cccn3n2)o1. The molecule has 0 amide bonds. The Balaban J connectivity index is 2.22. The van der Waals surface area contributed by atoms with Crippen LogP contribution in [0.3, 0.4) is 0 Å². The third-order valence-corrected chi connectivity index (χ3v) is 2.89. The van der Waals surface area contributed by atoms with Crippen LogP contribution in [0.2, 0.25) is 0 Å². The van der Waals surface area contributed by atoms with Crippen LogP contribution >= 0.6 is 15.9 Å². The van der Waals surface area contributed by atoms with E-state index in [1.165, 1.54) is 0 Å². The van der Waals surface area contributed by atoms with Crippen molar-refractivity contribution in [1.29, 1.82) is 0 Å². The quantitative estimate of drug-likeness (QED) is 0.687. The first kappa shape index (κ1) is 9.59. The highest BCUT2D eigenvalue weighted by molar-refractivity contribution is 9.10. The van der Waals surface area contributed by atoms with E-state index in [2.05, 4.69) is 26.0 Å². The van der Waals surface area contributed by atoms with Crippen LogP contribution in [0.5, 0.6) is 0 Å². The summed E-state index contributed by atoms with van der Waals surface area (Å²) in [5.41, 5.74) is 0.784. The number of fused-ring (bicyclic) bond motifs is 1. The van der Waals surface area contributed by atoms with Crippen molar-refractivity contribution in [3.8, 4) is 11.6 Å². The highest BCUT2D eigenvalue weighted by Crippen LogP contribution is 2.22. The molecule has 0 N–H and O–H groups in total. The summed E-state index contributed by atoms with van der Waals surface area (Å²) in [5.74, 6) is 2.14. The molecule has 16 heavy (non-hydrogen) atoms. The maximum absolute atomic E-state index is 5.49. The van der Waals surface area contributed by atoms with Crippen LogP contribution < -0.4 is 0 Å². The lowest BCUT2D eigenvalue weighted by molar-refractivity contribution is 0.544. The Hall–Kier alpha value is -1.62. The molecular formula is C11H8BrN3O. The molecular weight excluding hydrogens is 270 g/mol. The molecule has 0 aromatic carbocycles. The van der Waals surface area contributed by atoms with Crippen LogP contribution in [0.1, 0.15) is 5.76 Å². The van der Waals surface area contributed by atoms with Gasteiger partial charge in [-0.15, -0.1) is 5.10 Å². The van der Waals surface area contributed by atoms with Crippen LogP contribution in [-0.2, 0) is 0 Å². The molecule has 0 aliphatic carbocycles. The number of hydrogen-bond acceptors (Lipinski definition) is 3. The highest BCUT2D eigenvalue weighted by atomic mass is 79.9. The summed E-state index contributed by atoms with van der Waals surface area (Å²) in [6, 6.07) is 7.61. The van der Waals surface area contributed by atoms with Crippen molar-refractivity contribution in [2.75, 3.05) is 0 Å². The van der Waals surface area contributed by atoms with Crippen LogP contribution in [0.25, 0.3) is 17.2 Å². The monoisotopic (exact) mass is 277 g/mol. The van der Waals surface area contributed by atoms with E-state index in [1.807, 2.05) is 37.4 Å². The van der Waals surface area contributed by atoms with Gasteiger partial charge in [-0.3, -0.25) is 0 Å². The molecule has 3 rings (SSSR count). The number of furan rings is 1. The van der Waals surface area contributed by atoms with Crippen molar-refractivity contribution >= 4 is 21.6 Å². The van der Waals surface area contributed by atoms with Gasteiger partial charge in [0.15, 0.2) is 11.4 Å². The maximum Gasteiger partial charge on any atom is 0.217 e. The third-order valence-electron chi connectivity index (χ3n) is 2.28. The smallest absolute Gasteiger partial charge is 0.217 e. The average Bonchev–Trinajstić information content (AvgIpc) is 2.84. The standard InChI is InChI=1S/C11H8BrN3O/c1-7-4-5-9(16-7)10-13-11-8(12)3-2-6-15(11)14-10/h2-6H,1H3. The van der Waals surface area contributed by atoms with E-state index in [0.717, 1.165) is 15.9 Å². The minimum Gasteiger partial charge on any atom is -0.458 e. The van der Waals surface area contributed by atoms with Gasteiger partial charge in [0.2, 0.25) is 5.82 Å². The third kappa shape index (κ3) is 1.44. The van der Waals surface area contributed by atoms with Crippen LogP contribution in [0.4, 0.5) is 0 Å². The van der Waals surface area contributed by atoms with Gasteiger partial charge in [-0.2, -0.15) is 0 Å². The lowest BCUT2D eigenvalue weighted by atomic mass is 10.4. The van der Waals surface area contributed by atoms with Gasteiger partial charge in [-0.05, 0) is 47.1 Å². The molecule has 0 atom stereocenters.